The lowest BCUT2D eigenvalue weighted by Crippen LogP contribution is -2.50. The van der Waals surface area contributed by atoms with Gasteiger partial charge in [0.05, 0.1) is 16.9 Å². The molecule has 2 aliphatic rings. The highest BCUT2D eigenvalue weighted by Crippen LogP contribution is 2.33. The number of alkyl carbamates (subject to hydrolysis) is 1. The van der Waals surface area contributed by atoms with Crippen molar-refractivity contribution in [3.8, 4) is 0 Å². The van der Waals surface area contributed by atoms with Crippen LogP contribution in [-0.2, 0) is 25.7 Å². The van der Waals surface area contributed by atoms with Crippen LogP contribution in [0.4, 0.5) is 10.5 Å². The van der Waals surface area contributed by atoms with Gasteiger partial charge in [0.25, 0.3) is 0 Å². The maximum absolute atomic E-state index is 13.6. The number of ether oxygens (including phenoxy) is 1. The number of benzene rings is 2. The van der Waals surface area contributed by atoms with Gasteiger partial charge in [-0.3, -0.25) is 9.59 Å². The van der Waals surface area contributed by atoms with Crippen LogP contribution < -0.4 is 21.7 Å². The van der Waals surface area contributed by atoms with Gasteiger partial charge in [-0.15, -0.1) is 0 Å². The molecule has 0 saturated heterocycles. The van der Waals surface area contributed by atoms with Crippen molar-refractivity contribution in [3.63, 3.8) is 0 Å². The minimum atomic E-state index is -1.37. The summed E-state index contributed by atoms with van der Waals surface area (Å²) in [6, 6.07) is 15.7. The Kier molecular flexibility index (Phi) is 14.2. The van der Waals surface area contributed by atoms with Gasteiger partial charge in [-0.1, -0.05) is 91.6 Å². The van der Waals surface area contributed by atoms with Crippen LogP contribution in [0.3, 0.4) is 0 Å². The van der Waals surface area contributed by atoms with Crippen molar-refractivity contribution in [2.24, 2.45) is 22.1 Å². The molecule has 1 saturated carbocycles. The highest BCUT2D eigenvalue weighted by Gasteiger charge is 2.33. The summed E-state index contributed by atoms with van der Waals surface area (Å²) >= 11 is 0. The minimum Gasteiger partial charge on any atom is -0.480 e. The molecule has 0 heterocycles. The van der Waals surface area contributed by atoms with Crippen molar-refractivity contribution in [1.82, 2.24) is 16.0 Å². The number of aliphatic imine (C=N–C) groups is 1. The summed E-state index contributed by atoms with van der Waals surface area (Å²) in [7, 11) is 0. The average Bonchev–Trinajstić information content (AvgIpc) is 3.11. The third-order valence-electron chi connectivity index (χ3n) is 9.41. The lowest BCUT2D eigenvalue weighted by atomic mass is 9.79. The number of carbonyl (C=O) groups is 4. The van der Waals surface area contributed by atoms with Crippen LogP contribution in [0.1, 0.15) is 82.3 Å². The predicted octanol–water partition coefficient (Wildman–Crippen LogP) is 6.00. The molecule has 1 fully saturated rings. The van der Waals surface area contributed by atoms with Gasteiger partial charge in [0, 0.05) is 24.9 Å². The number of amides is 3. The first-order valence-electron chi connectivity index (χ1n) is 17.6. The Morgan fingerprint density at radius 3 is 2.44 bits per heavy atom. The molecule has 6 N–H and O–H groups in total. The first-order valence-corrected chi connectivity index (χ1v) is 17.6. The number of nitrogens with two attached hydrogens (primary N) is 1. The zero-order chi connectivity index (χ0) is 35.9. The van der Waals surface area contributed by atoms with E-state index in [4.69, 9.17) is 10.5 Å². The largest absolute Gasteiger partial charge is 0.480 e. The summed E-state index contributed by atoms with van der Waals surface area (Å²) < 4.78 is 5.13. The Bertz CT molecular complexity index is 1570. The third kappa shape index (κ3) is 11.9. The van der Waals surface area contributed by atoms with E-state index in [9.17, 15) is 24.3 Å². The highest BCUT2D eigenvalue weighted by molar-refractivity contribution is 5.87. The molecular formula is C39H51N5O6. The SMILES string of the molecule is Cc1ccccc1N=C(N)CCCC(CC1=CCC(C)(C(=O)NCC(NC(=O)OCc2ccccc2)C(=O)O)C=C1)C(=O)NC1CCCCC1. The minimum absolute atomic E-state index is 0.0116. The fraction of sp³-hybridized carbons (Fsp3) is 0.462. The summed E-state index contributed by atoms with van der Waals surface area (Å²) in [4.78, 5) is 55.4. The zero-order valence-electron chi connectivity index (χ0n) is 29.2. The molecule has 2 aromatic carbocycles. The van der Waals surface area contributed by atoms with Crippen molar-refractivity contribution in [2.75, 3.05) is 6.54 Å². The van der Waals surface area contributed by atoms with E-state index in [0.29, 0.717) is 37.9 Å². The number of aliphatic carboxylic acids is 1. The van der Waals surface area contributed by atoms with Crippen LogP contribution >= 0.6 is 0 Å². The topological polar surface area (TPSA) is 172 Å². The average molecular weight is 686 g/mol. The quantitative estimate of drug-likeness (QED) is 0.107. The van der Waals surface area contributed by atoms with E-state index < -0.39 is 23.5 Å². The Labute approximate surface area is 294 Å². The van der Waals surface area contributed by atoms with E-state index in [1.165, 1.54) is 6.42 Å². The smallest absolute Gasteiger partial charge is 0.408 e. The van der Waals surface area contributed by atoms with Crippen molar-refractivity contribution >= 4 is 35.4 Å². The number of rotatable bonds is 16. The molecule has 50 heavy (non-hydrogen) atoms. The summed E-state index contributed by atoms with van der Waals surface area (Å²) in [6.45, 7) is 3.44. The van der Waals surface area contributed by atoms with Gasteiger partial charge >= 0.3 is 12.1 Å². The number of hydrogen-bond acceptors (Lipinski definition) is 6. The van der Waals surface area contributed by atoms with Crippen molar-refractivity contribution in [2.45, 2.75) is 96.7 Å². The number of nitrogens with one attached hydrogen (secondary N) is 3. The number of aryl methyl sites for hydroxylation is 1. The van der Waals surface area contributed by atoms with E-state index in [0.717, 1.165) is 48.1 Å². The molecule has 2 aliphatic carbocycles. The maximum atomic E-state index is 13.6. The van der Waals surface area contributed by atoms with Gasteiger partial charge in [-0.2, -0.15) is 0 Å². The standard InChI is InChI=1S/C39H51N5O6/c1-27-12-9-10-18-32(27)43-34(40)19-11-15-30(35(45)42-31-16-7-4-8-17-31)24-28-20-22-39(2,23-21-28)37(48)41-25-33(36(46)47)44-38(49)50-26-29-13-5-3-6-14-29/h3,5-6,9-10,12-14,18,20-22,30-31,33H,4,7-8,11,15-17,19,23-26H2,1-2H3,(H2,40,43)(H,41,48)(H,42,45)(H,44,49)(H,46,47). The Hall–Kier alpha value is -4.93. The maximum Gasteiger partial charge on any atom is 0.408 e. The van der Waals surface area contributed by atoms with Crippen LogP contribution in [-0.4, -0.2) is 53.4 Å². The van der Waals surface area contributed by atoms with Gasteiger partial charge in [0.2, 0.25) is 11.8 Å². The number of nitrogens with zero attached hydrogens (tertiary/aromatic N) is 1. The Balaban J connectivity index is 1.31. The first kappa shape index (κ1) is 37.9. The lowest BCUT2D eigenvalue weighted by Gasteiger charge is -2.29. The molecule has 0 aromatic heterocycles. The second kappa shape index (κ2) is 18.7. The summed E-state index contributed by atoms with van der Waals surface area (Å²) in [6.07, 6.45) is 13.0. The molecule has 0 aliphatic heterocycles. The fourth-order valence-corrected chi connectivity index (χ4v) is 6.20. The van der Waals surface area contributed by atoms with E-state index in [1.807, 2.05) is 49.4 Å². The number of para-hydroxylation sites is 1. The van der Waals surface area contributed by atoms with Crippen molar-refractivity contribution < 1.29 is 29.0 Å². The number of carbonyl (C=O) groups excluding carboxylic acids is 3. The molecule has 3 unspecified atom stereocenters. The molecule has 268 valence electrons. The lowest BCUT2D eigenvalue weighted by molar-refractivity contribution is -0.139. The molecule has 0 bridgehead atoms. The summed E-state index contributed by atoms with van der Waals surface area (Å²) in [5.41, 5.74) is 8.97. The second-order valence-corrected chi connectivity index (χ2v) is 13.6. The van der Waals surface area contributed by atoms with E-state index in [2.05, 4.69) is 20.9 Å². The van der Waals surface area contributed by atoms with Gasteiger partial charge in [0.15, 0.2) is 0 Å². The van der Waals surface area contributed by atoms with E-state index >= 15 is 0 Å². The van der Waals surface area contributed by atoms with Gasteiger partial charge in [0.1, 0.15) is 12.6 Å². The number of carboxylic acids is 1. The van der Waals surface area contributed by atoms with Crippen LogP contribution in [0.2, 0.25) is 0 Å². The van der Waals surface area contributed by atoms with Crippen LogP contribution in [0.5, 0.6) is 0 Å². The molecule has 4 rings (SSSR count). The second-order valence-electron chi connectivity index (χ2n) is 13.6. The summed E-state index contributed by atoms with van der Waals surface area (Å²) in [5, 5.41) is 17.9. The number of allylic oxidation sites excluding steroid dienone is 3. The molecule has 0 spiro atoms. The van der Waals surface area contributed by atoms with Gasteiger partial charge in [-0.25, -0.2) is 14.6 Å². The molecule has 11 heteroatoms. The normalized spacial score (nSPS) is 19.1. The predicted molar refractivity (Wildman–Crippen MR) is 194 cm³/mol. The molecule has 3 amide bonds. The number of hydrogen-bond donors (Lipinski definition) is 5. The zero-order valence-corrected chi connectivity index (χ0v) is 29.2. The molecule has 0 radical (unpaired) electrons. The van der Waals surface area contributed by atoms with Crippen LogP contribution in [0.15, 0.2) is 83.4 Å². The van der Waals surface area contributed by atoms with E-state index in [-0.39, 0.29) is 36.9 Å². The number of carboxylic acid groups (broad SMARTS) is 1. The molecular weight excluding hydrogens is 634 g/mol. The van der Waals surface area contributed by atoms with Crippen LogP contribution in [0, 0.1) is 18.3 Å². The van der Waals surface area contributed by atoms with Gasteiger partial charge in [-0.05, 0) is 69.6 Å². The van der Waals surface area contributed by atoms with Crippen molar-refractivity contribution in [3.05, 3.63) is 89.5 Å². The molecule has 3 atom stereocenters. The fourth-order valence-electron chi connectivity index (χ4n) is 6.20. The third-order valence-corrected chi connectivity index (χ3v) is 9.41. The Morgan fingerprint density at radius 1 is 1.04 bits per heavy atom. The monoisotopic (exact) mass is 685 g/mol. The van der Waals surface area contributed by atoms with Gasteiger partial charge < -0.3 is 31.5 Å². The number of amidine groups is 1. The van der Waals surface area contributed by atoms with Crippen LogP contribution in [0.25, 0.3) is 0 Å². The summed E-state index contributed by atoms with van der Waals surface area (Å²) in [5.74, 6) is -1.35. The first-order chi connectivity index (χ1) is 24.0. The highest BCUT2D eigenvalue weighted by atomic mass is 16.5. The molecule has 11 nitrogen and oxygen atoms in total. The van der Waals surface area contributed by atoms with Crippen molar-refractivity contribution in [1.29, 1.82) is 0 Å². The van der Waals surface area contributed by atoms with E-state index in [1.54, 1.807) is 37.3 Å². The molecule has 2 aromatic rings. The Morgan fingerprint density at radius 2 is 1.76 bits per heavy atom.